The maximum atomic E-state index is 6.20. The zero-order valence-electron chi connectivity index (χ0n) is 20.8. The van der Waals surface area contributed by atoms with Crippen LogP contribution in [0.25, 0.3) is 0 Å². The second-order valence-electron chi connectivity index (χ2n) is 10.2. The van der Waals surface area contributed by atoms with Crippen molar-refractivity contribution in [3.8, 4) is 0 Å². The third kappa shape index (κ3) is 7.54. The van der Waals surface area contributed by atoms with E-state index in [1.165, 1.54) is 38.0 Å². The van der Waals surface area contributed by atoms with Crippen molar-refractivity contribution in [2.24, 2.45) is 16.8 Å². The average Bonchev–Trinajstić information content (AvgIpc) is 3.22. The molecular weight excluding hydrogens is 525 g/mol. The predicted molar refractivity (Wildman–Crippen MR) is 147 cm³/mol. The lowest BCUT2D eigenvalue weighted by Crippen LogP contribution is -2.50. The Balaban J connectivity index is 0.00000306. The molecule has 186 valence electrons. The zero-order valence-corrected chi connectivity index (χ0v) is 23.1. The van der Waals surface area contributed by atoms with E-state index < -0.39 is 0 Å². The smallest absolute Gasteiger partial charge is 0.194 e. The molecule has 4 rings (SSSR count). The highest BCUT2D eigenvalue weighted by Crippen LogP contribution is 2.25. The molecule has 3 fully saturated rings. The highest BCUT2D eigenvalue weighted by Gasteiger charge is 2.41. The lowest BCUT2D eigenvalue weighted by atomic mass is 9.97. The molecule has 3 aliphatic rings. The fourth-order valence-corrected chi connectivity index (χ4v) is 5.57. The summed E-state index contributed by atoms with van der Waals surface area (Å²) < 4.78 is 6.20. The van der Waals surface area contributed by atoms with Gasteiger partial charge >= 0.3 is 0 Å². The van der Waals surface area contributed by atoms with Gasteiger partial charge in [-0.05, 0) is 43.7 Å². The molecule has 3 atom stereocenters. The standard InChI is InChI=1S/C26H43N5O.HI/c1-4-27-26(28-15-23-11-8-12-29(17-23)16-21(2)3)31-19-24-25(20-31)32-14-13-30(24)18-22-9-6-5-7-10-22;/h5-7,9-10,21,23-25H,4,8,11-20H2,1-3H3,(H,27,28);1H. The van der Waals surface area contributed by atoms with Crippen LogP contribution in [0.3, 0.4) is 0 Å². The Bertz CT molecular complexity index is 731. The summed E-state index contributed by atoms with van der Waals surface area (Å²) in [5.41, 5.74) is 1.38. The first-order chi connectivity index (χ1) is 15.6. The van der Waals surface area contributed by atoms with Crippen LogP contribution >= 0.6 is 24.0 Å². The van der Waals surface area contributed by atoms with Crippen LogP contribution in [0, 0.1) is 11.8 Å². The van der Waals surface area contributed by atoms with Gasteiger partial charge in [0, 0.05) is 52.4 Å². The van der Waals surface area contributed by atoms with Crippen LogP contribution in [0.2, 0.25) is 0 Å². The van der Waals surface area contributed by atoms with Crippen molar-refractivity contribution in [1.82, 2.24) is 20.0 Å². The fraction of sp³-hybridized carbons (Fsp3) is 0.731. The van der Waals surface area contributed by atoms with E-state index in [1.807, 2.05) is 0 Å². The van der Waals surface area contributed by atoms with Crippen molar-refractivity contribution in [3.63, 3.8) is 0 Å². The van der Waals surface area contributed by atoms with E-state index in [0.717, 1.165) is 57.8 Å². The largest absolute Gasteiger partial charge is 0.373 e. The zero-order chi connectivity index (χ0) is 22.3. The van der Waals surface area contributed by atoms with Gasteiger partial charge in [0.05, 0.1) is 18.8 Å². The summed E-state index contributed by atoms with van der Waals surface area (Å²) in [4.78, 5) is 12.8. The van der Waals surface area contributed by atoms with E-state index in [9.17, 15) is 0 Å². The molecule has 1 N–H and O–H groups in total. The van der Waals surface area contributed by atoms with Crippen molar-refractivity contribution in [1.29, 1.82) is 0 Å². The highest BCUT2D eigenvalue weighted by atomic mass is 127. The lowest BCUT2D eigenvalue weighted by Gasteiger charge is -2.36. The fourth-order valence-electron chi connectivity index (χ4n) is 5.57. The Morgan fingerprint density at radius 2 is 1.97 bits per heavy atom. The van der Waals surface area contributed by atoms with Crippen LogP contribution in [-0.4, -0.2) is 91.8 Å². The summed E-state index contributed by atoms with van der Waals surface area (Å²) in [5.74, 6) is 2.49. The van der Waals surface area contributed by atoms with Crippen LogP contribution in [0.15, 0.2) is 35.3 Å². The summed E-state index contributed by atoms with van der Waals surface area (Å²) in [5, 5.41) is 3.57. The maximum Gasteiger partial charge on any atom is 0.194 e. The van der Waals surface area contributed by atoms with Gasteiger partial charge in [-0.2, -0.15) is 0 Å². The van der Waals surface area contributed by atoms with Crippen LogP contribution in [0.4, 0.5) is 0 Å². The number of nitrogens with zero attached hydrogens (tertiary/aromatic N) is 4. The minimum Gasteiger partial charge on any atom is -0.373 e. The van der Waals surface area contributed by atoms with Crippen LogP contribution in [-0.2, 0) is 11.3 Å². The second kappa shape index (κ2) is 13.3. The average molecular weight is 570 g/mol. The third-order valence-corrected chi connectivity index (χ3v) is 7.01. The first-order valence-electron chi connectivity index (χ1n) is 12.8. The molecular formula is C26H44IN5O. The summed E-state index contributed by atoms with van der Waals surface area (Å²) >= 11 is 0. The number of morpholine rings is 1. The van der Waals surface area contributed by atoms with E-state index in [0.29, 0.717) is 12.0 Å². The number of nitrogens with one attached hydrogen (secondary N) is 1. The predicted octanol–water partition coefficient (Wildman–Crippen LogP) is 3.52. The van der Waals surface area contributed by atoms with E-state index in [2.05, 4.69) is 71.1 Å². The van der Waals surface area contributed by atoms with Crippen LogP contribution in [0.5, 0.6) is 0 Å². The SMILES string of the molecule is CCNC(=NCC1CCCN(CC(C)C)C1)N1CC2OCCN(Cc3ccccc3)C2C1.I. The second-order valence-corrected chi connectivity index (χ2v) is 10.2. The first-order valence-corrected chi connectivity index (χ1v) is 12.8. The normalized spacial score (nSPS) is 26.8. The van der Waals surface area contributed by atoms with Gasteiger partial charge in [-0.3, -0.25) is 9.89 Å². The number of guanidine groups is 1. The quantitative estimate of drug-likeness (QED) is 0.310. The summed E-state index contributed by atoms with van der Waals surface area (Å²) in [6.07, 6.45) is 2.88. The van der Waals surface area contributed by atoms with Gasteiger partial charge in [-0.1, -0.05) is 44.2 Å². The van der Waals surface area contributed by atoms with Gasteiger partial charge in [0.15, 0.2) is 5.96 Å². The van der Waals surface area contributed by atoms with Crippen LogP contribution in [0.1, 0.15) is 39.2 Å². The lowest BCUT2D eigenvalue weighted by molar-refractivity contribution is -0.0502. The van der Waals surface area contributed by atoms with Gasteiger partial charge in [0.25, 0.3) is 0 Å². The van der Waals surface area contributed by atoms with Crippen molar-refractivity contribution < 1.29 is 4.74 Å². The molecule has 6 nitrogen and oxygen atoms in total. The highest BCUT2D eigenvalue weighted by molar-refractivity contribution is 14.0. The molecule has 0 aliphatic carbocycles. The number of aliphatic imine (C=N–C) groups is 1. The monoisotopic (exact) mass is 569 g/mol. The number of ether oxygens (including phenoxy) is 1. The van der Waals surface area contributed by atoms with Gasteiger partial charge < -0.3 is 19.9 Å². The maximum absolute atomic E-state index is 6.20. The third-order valence-electron chi connectivity index (χ3n) is 7.01. The number of benzene rings is 1. The number of fused-ring (bicyclic) bond motifs is 1. The van der Waals surface area contributed by atoms with E-state index >= 15 is 0 Å². The Morgan fingerprint density at radius 1 is 1.15 bits per heavy atom. The Morgan fingerprint density at radius 3 is 2.73 bits per heavy atom. The van der Waals surface area contributed by atoms with E-state index in [1.54, 1.807) is 0 Å². The number of likely N-dealkylation sites (tertiary alicyclic amines) is 2. The molecule has 1 aromatic carbocycles. The van der Waals surface area contributed by atoms with Gasteiger partial charge in [0.2, 0.25) is 0 Å². The Hall–Kier alpha value is -0.900. The molecule has 0 radical (unpaired) electrons. The van der Waals surface area contributed by atoms with Crippen LogP contribution < -0.4 is 5.32 Å². The summed E-state index contributed by atoms with van der Waals surface area (Å²) in [6, 6.07) is 11.3. The molecule has 33 heavy (non-hydrogen) atoms. The summed E-state index contributed by atoms with van der Waals surface area (Å²) in [6.45, 7) is 17.1. The number of piperidine rings is 1. The van der Waals surface area contributed by atoms with Crippen molar-refractivity contribution in [2.75, 3.05) is 59.0 Å². The molecule has 3 unspecified atom stereocenters. The van der Waals surface area contributed by atoms with Crippen molar-refractivity contribution >= 4 is 29.9 Å². The molecule has 0 saturated carbocycles. The number of rotatable bonds is 7. The number of halogens is 1. The van der Waals surface area contributed by atoms with E-state index in [4.69, 9.17) is 9.73 Å². The van der Waals surface area contributed by atoms with E-state index in [-0.39, 0.29) is 30.1 Å². The first kappa shape index (κ1) is 26.7. The number of hydrogen-bond acceptors (Lipinski definition) is 4. The molecule has 0 spiro atoms. The minimum atomic E-state index is 0. The van der Waals surface area contributed by atoms with Crippen molar-refractivity contribution in [3.05, 3.63) is 35.9 Å². The molecule has 0 aromatic heterocycles. The Kier molecular flexibility index (Phi) is 10.7. The number of hydrogen-bond donors (Lipinski definition) is 1. The molecule has 3 heterocycles. The molecule has 0 bridgehead atoms. The summed E-state index contributed by atoms with van der Waals surface area (Å²) in [7, 11) is 0. The molecule has 1 aromatic rings. The topological polar surface area (TPSA) is 43.3 Å². The Labute approximate surface area is 218 Å². The van der Waals surface area contributed by atoms with Gasteiger partial charge in [-0.25, -0.2) is 0 Å². The molecule has 3 saturated heterocycles. The van der Waals surface area contributed by atoms with Crippen molar-refractivity contribution in [2.45, 2.75) is 52.3 Å². The minimum absolute atomic E-state index is 0. The molecule has 7 heteroatoms. The van der Waals surface area contributed by atoms with Gasteiger partial charge in [-0.15, -0.1) is 24.0 Å². The van der Waals surface area contributed by atoms with Gasteiger partial charge in [0.1, 0.15) is 0 Å². The molecule has 0 amide bonds. The molecule has 3 aliphatic heterocycles.